The van der Waals surface area contributed by atoms with Crippen LogP contribution in [0.2, 0.25) is 0 Å². The molecule has 7 heteroatoms. The van der Waals surface area contributed by atoms with E-state index in [-0.39, 0.29) is 17.8 Å². The zero-order valence-corrected chi connectivity index (χ0v) is 15.5. The van der Waals surface area contributed by atoms with Crippen LogP contribution < -0.4 is 5.32 Å². The van der Waals surface area contributed by atoms with Gasteiger partial charge in [-0.3, -0.25) is 15.1 Å². The van der Waals surface area contributed by atoms with Gasteiger partial charge in [-0.05, 0) is 45.9 Å². The maximum Gasteiger partial charge on any atom is 0.412 e. The fourth-order valence-corrected chi connectivity index (χ4v) is 2.26. The number of amides is 1. The molecule has 0 fully saturated rings. The molecule has 26 heavy (non-hydrogen) atoms. The number of carbonyl (C=O) groups excluding carboxylic acids is 2. The van der Waals surface area contributed by atoms with Gasteiger partial charge in [-0.2, -0.15) is 4.39 Å². The highest BCUT2D eigenvalue weighted by molar-refractivity contribution is 5.96. The molecule has 6 nitrogen and oxygen atoms in total. The Morgan fingerprint density at radius 3 is 2.54 bits per heavy atom. The van der Waals surface area contributed by atoms with Crippen molar-refractivity contribution in [1.29, 1.82) is 0 Å². The lowest BCUT2D eigenvalue weighted by Crippen LogP contribution is -2.27. The molecule has 0 aromatic carbocycles. The molecule has 0 aliphatic heterocycles. The molecule has 2 aromatic rings. The van der Waals surface area contributed by atoms with Crippen LogP contribution in [0.1, 0.15) is 50.2 Å². The lowest BCUT2D eigenvalue weighted by atomic mass is 10.1. The Kier molecular flexibility index (Phi) is 5.69. The Morgan fingerprint density at radius 1 is 1.27 bits per heavy atom. The number of ether oxygens (including phenoxy) is 1. The first-order valence-electron chi connectivity index (χ1n) is 8.27. The van der Waals surface area contributed by atoms with Gasteiger partial charge in [0, 0.05) is 17.7 Å². The number of pyridine rings is 2. The predicted molar refractivity (Wildman–Crippen MR) is 96.6 cm³/mol. The van der Waals surface area contributed by atoms with Gasteiger partial charge in [-0.25, -0.2) is 9.78 Å². The first kappa shape index (κ1) is 19.5. The van der Waals surface area contributed by atoms with E-state index in [0.717, 1.165) is 0 Å². The zero-order valence-electron chi connectivity index (χ0n) is 15.5. The number of nitrogens with zero attached hydrogens (tertiary/aromatic N) is 2. The standard InChI is InChI=1S/C19H22FN3O3/c1-6-16(24)13-7-8-15(23-17(13)20)14-9-12(10-21-11(14)2)22-18(25)26-19(3,4)5/h7-10H,6H2,1-5H3,(H,22,25). The van der Waals surface area contributed by atoms with Crippen LogP contribution in [0, 0.1) is 12.9 Å². The van der Waals surface area contributed by atoms with E-state index in [1.807, 2.05) is 0 Å². The molecule has 1 N–H and O–H groups in total. The quantitative estimate of drug-likeness (QED) is 0.641. The van der Waals surface area contributed by atoms with E-state index in [0.29, 0.717) is 22.6 Å². The number of hydrogen-bond donors (Lipinski definition) is 1. The van der Waals surface area contributed by atoms with Crippen molar-refractivity contribution in [3.8, 4) is 11.3 Å². The molecule has 0 saturated carbocycles. The fourth-order valence-electron chi connectivity index (χ4n) is 2.26. The lowest BCUT2D eigenvalue weighted by Gasteiger charge is -2.19. The summed E-state index contributed by atoms with van der Waals surface area (Å²) in [4.78, 5) is 31.7. The van der Waals surface area contributed by atoms with Gasteiger partial charge in [0.1, 0.15) is 5.60 Å². The number of rotatable bonds is 4. The first-order valence-corrected chi connectivity index (χ1v) is 8.27. The van der Waals surface area contributed by atoms with E-state index in [2.05, 4.69) is 15.3 Å². The molecular formula is C19H22FN3O3. The molecule has 0 atom stereocenters. The minimum Gasteiger partial charge on any atom is -0.444 e. The Balaban J connectivity index is 2.31. The van der Waals surface area contributed by atoms with Crippen molar-refractivity contribution >= 4 is 17.6 Å². The summed E-state index contributed by atoms with van der Waals surface area (Å²) in [5.74, 6) is -1.13. The molecule has 0 unspecified atom stereocenters. The van der Waals surface area contributed by atoms with E-state index >= 15 is 0 Å². The molecule has 0 aliphatic rings. The number of hydrogen-bond acceptors (Lipinski definition) is 5. The van der Waals surface area contributed by atoms with Gasteiger partial charge in [0.15, 0.2) is 5.78 Å². The summed E-state index contributed by atoms with van der Waals surface area (Å²) < 4.78 is 19.4. The van der Waals surface area contributed by atoms with Gasteiger partial charge in [-0.1, -0.05) is 6.92 Å². The summed E-state index contributed by atoms with van der Waals surface area (Å²) in [6.45, 7) is 8.69. The number of aromatic nitrogens is 2. The predicted octanol–water partition coefficient (Wildman–Crippen LogP) is 4.53. The topological polar surface area (TPSA) is 81.2 Å². The summed E-state index contributed by atoms with van der Waals surface area (Å²) in [6, 6.07) is 4.61. The van der Waals surface area contributed by atoms with Crippen molar-refractivity contribution in [1.82, 2.24) is 9.97 Å². The third-order valence-electron chi connectivity index (χ3n) is 3.48. The molecule has 0 saturated heterocycles. The van der Waals surface area contributed by atoms with Crippen molar-refractivity contribution in [2.75, 3.05) is 5.32 Å². The largest absolute Gasteiger partial charge is 0.444 e. The number of carbonyl (C=O) groups is 2. The number of Topliss-reactive ketones (excluding diaryl/α,β-unsaturated/α-hetero) is 1. The summed E-state index contributed by atoms with van der Waals surface area (Å²) in [5.41, 5.74) is 1.22. The number of halogens is 1. The number of aryl methyl sites for hydroxylation is 1. The molecule has 0 spiro atoms. The summed E-state index contributed by atoms with van der Waals surface area (Å²) in [6.07, 6.45) is 1.07. The highest BCUT2D eigenvalue weighted by atomic mass is 19.1. The van der Waals surface area contributed by atoms with Crippen molar-refractivity contribution in [3.05, 3.63) is 41.6 Å². The van der Waals surface area contributed by atoms with Crippen LogP contribution in [0.4, 0.5) is 14.9 Å². The van der Waals surface area contributed by atoms with Crippen LogP contribution >= 0.6 is 0 Å². The number of ketones is 1. The summed E-state index contributed by atoms with van der Waals surface area (Å²) >= 11 is 0. The SMILES string of the molecule is CCC(=O)c1ccc(-c2cc(NC(=O)OC(C)(C)C)cnc2C)nc1F. The third kappa shape index (κ3) is 4.84. The lowest BCUT2D eigenvalue weighted by molar-refractivity contribution is 0.0635. The van der Waals surface area contributed by atoms with Gasteiger partial charge < -0.3 is 4.74 Å². The molecule has 0 radical (unpaired) electrons. The summed E-state index contributed by atoms with van der Waals surface area (Å²) in [7, 11) is 0. The van der Waals surface area contributed by atoms with Crippen molar-refractivity contribution in [2.45, 2.75) is 46.6 Å². The second-order valence-electron chi connectivity index (χ2n) is 6.80. The van der Waals surface area contributed by atoms with Gasteiger partial charge in [0.05, 0.1) is 23.1 Å². The molecule has 1 amide bonds. The van der Waals surface area contributed by atoms with E-state index in [1.165, 1.54) is 12.3 Å². The Hall–Kier alpha value is -2.83. The molecule has 138 valence electrons. The molecule has 2 heterocycles. The Morgan fingerprint density at radius 2 is 1.96 bits per heavy atom. The minimum atomic E-state index is -0.820. The van der Waals surface area contributed by atoms with E-state index < -0.39 is 17.6 Å². The second kappa shape index (κ2) is 7.59. The monoisotopic (exact) mass is 359 g/mol. The van der Waals surface area contributed by atoms with E-state index in [1.54, 1.807) is 46.8 Å². The van der Waals surface area contributed by atoms with E-state index in [4.69, 9.17) is 4.74 Å². The average molecular weight is 359 g/mol. The molecule has 0 bridgehead atoms. The van der Waals surface area contributed by atoms with Gasteiger partial charge in [-0.15, -0.1) is 0 Å². The molecule has 2 rings (SSSR count). The van der Waals surface area contributed by atoms with Crippen LogP contribution in [0.3, 0.4) is 0 Å². The van der Waals surface area contributed by atoms with Crippen LogP contribution in [0.5, 0.6) is 0 Å². The van der Waals surface area contributed by atoms with E-state index in [9.17, 15) is 14.0 Å². The fraction of sp³-hybridized carbons (Fsp3) is 0.368. The minimum absolute atomic E-state index is 0.0371. The van der Waals surface area contributed by atoms with Gasteiger partial charge in [0.2, 0.25) is 5.95 Å². The highest BCUT2D eigenvalue weighted by Gasteiger charge is 2.18. The molecule has 2 aromatic heterocycles. The van der Waals surface area contributed by atoms with Gasteiger partial charge in [0.25, 0.3) is 0 Å². The highest BCUT2D eigenvalue weighted by Crippen LogP contribution is 2.25. The van der Waals surface area contributed by atoms with Crippen molar-refractivity contribution in [3.63, 3.8) is 0 Å². The maximum absolute atomic E-state index is 14.2. The Bertz CT molecular complexity index is 844. The number of nitrogens with one attached hydrogen (secondary N) is 1. The smallest absolute Gasteiger partial charge is 0.412 e. The average Bonchev–Trinajstić information content (AvgIpc) is 2.54. The van der Waals surface area contributed by atoms with Crippen LogP contribution in [0.15, 0.2) is 24.4 Å². The van der Waals surface area contributed by atoms with Crippen molar-refractivity contribution < 1.29 is 18.7 Å². The Labute approximate surface area is 151 Å². The van der Waals surface area contributed by atoms with Crippen LogP contribution in [0.25, 0.3) is 11.3 Å². The molecule has 0 aliphatic carbocycles. The second-order valence-corrected chi connectivity index (χ2v) is 6.80. The number of anilines is 1. The first-order chi connectivity index (χ1) is 12.1. The molecular weight excluding hydrogens is 337 g/mol. The normalized spacial score (nSPS) is 11.2. The zero-order chi connectivity index (χ0) is 19.5. The maximum atomic E-state index is 14.2. The van der Waals surface area contributed by atoms with Crippen LogP contribution in [-0.2, 0) is 4.74 Å². The summed E-state index contributed by atoms with van der Waals surface area (Å²) in [5, 5.41) is 2.59. The van der Waals surface area contributed by atoms with Crippen molar-refractivity contribution in [2.24, 2.45) is 0 Å². The van der Waals surface area contributed by atoms with Gasteiger partial charge >= 0.3 is 6.09 Å². The third-order valence-corrected chi connectivity index (χ3v) is 3.48. The van der Waals surface area contributed by atoms with Crippen LogP contribution in [-0.4, -0.2) is 27.4 Å².